The molecule has 13 heteroatoms. The third-order valence-corrected chi connectivity index (χ3v) is 7.75. The monoisotopic (exact) mass is 629 g/mol. The summed E-state index contributed by atoms with van der Waals surface area (Å²) in [6.45, 7) is 2.07. The summed E-state index contributed by atoms with van der Waals surface area (Å²) in [5, 5.41) is 1.92. The van der Waals surface area contributed by atoms with Crippen LogP contribution >= 0.6 is 11.8 Å². The summed E-state index contributed by atoms with van der Waals surface area (Å²) < 4.78 is 55.7. The molecule has 3 aromatic rings. The van der Waals surface area contributed by atoms with E-state index in [9.17, 15) is 27.6 Å². The number of benzene rings is 3. The number of thioether (sulfide) groups is 1. The highest BCUT2D eigenvalue weighted by atomic mass is 32.2. The van der Waals surface area contributed by atoms with Crippen molar-refractivity contribution in [3.05, 3.63) is 83.4 Å². The van der Waals surface area contributed by atoms with Crippen LogP contribution in [-0.2, 0) is 26.9 Å². The molecule has 0 saturated carbocycles. The van der Waals surface area contributed by atoms with E-state index in [0.29, 0.717) is 29.2 Å². The number of nitrogens with one attached hydrogen (secondary N) is 1. The van der Waals surface area contributed by atoms with Crippen molar-refractivity contribution in [3.8, 4) is 11.5 Å². The number of hydrogen-bond acceptors (Lipinski definition) is 8. The van der Waals surface area contributed by atoms with Crippen molar-refractivity contribution in [2.75, 3.05) is 32.7 Å². The molecule has 9 nitrogen and oxygen atoms in total. The minimum absolute atomic E-state index is 0.0122. The van der Waals surface area contributed by atoms with E-state index in [2.05, 4.69) is 10.3 Å². The van der Waals surface area contributed by atoms with Crippen molar-refractivity contribution in [1.29, 1.82) is 0 Å². The van der Waals surface area contributed by atoms with Gasteiger partial charge < -0.3 is 19.5 Å². The molecule has 0 aliphatic carbocycles. The van der Waals surface area contributed by atoms with Crippen molar-refractivity contribution in [1.82, 2.24) is 4.90 Å². The Bertz CT molecular complexity index is 1550. The zero-order chi connectivity index (χ0) is 31.9. The lowest BCUT2D eigenvalue weighted by atomic mass is 10.1. The normalized spacial score (nSPS) is 16.0. The molecule has 4 rings (SSSR count). The molecular formula is C31H30F3N3O6S. The Morgan fingerprint density at radius 1 is 1.02 bits per heavy atom. The zero-order valence-electron chi connectivity index (χ0n) is 24.1. The quantitative estimate of drug-likeness (QED) is 0.270. The van der Waals surface area contributed by atoms with Crippen LogP contribution in [0.3, 0.4) is 0 Å². The molecule has 3 aromatic carbocycles. The number of anilines is 1. The van der Waals surface area contributed by atoms with E-state index in [1.165, 1.54) is 55.5 Å². The van der Waals surface area contributed by atoms with Crippen LogP contribution in [0, 0.1) is 0 Å². The first-order valence-corrected chi connectivity index (χ1v) is 14.4. The Morgan fingerprint density at radius 2 is 1.75 bits per heavy atom. The average Bonchev–Trinajstić information content (AvgIpc) is 3.00. The molecule has 1 fully saturated rings. The van der Waals surface area contributed by atoms with Crippen LogP contribution in [-0.4, -0.2) is 60.5 Å². The van der Waals surface area contributed by atoms with Gasteiger partial charge in [0.15, 0.2) is 16.7 Å². The highest BCUT2D eigenvalue weighted by Gasteiger charge is 2.36. The van der Waals surface area contributed by atoms with Gasteiger partial charge in [0, 0.05) is 18.7 Å². The topological polar surface area (TPSA) is 107 Å². The largest absolute Gasteiger partial charge is 0.493 e. The van der Waals surface area contributed by atoms with Crippen molar-refractivity contribution in [3.63, 3.8) is 0 Å². The molecule has 0 radical (unpaired) electrons. The fourth-order valence-electron chi connectivity index (χ4n) is 4.33. The number of hydrogen-bond donors (Lipinski definition) is 1. The van der Waals surface area contributed by atoms with Gasteiger partial charge in [-0.25, -0.2) is 9.79 Å². The summed E-state index contributed by atoms with van der Waals surface area (Å²) in [6, 6.07) is 15.8. The molecule has 44 heavy (non-hydrogen) atoms. The molecule has 0 unspecified atom stereocenters. The number of ether oxygens (including phenoxy) is 3. The van der Waals surface area contributed by atoms with E-state index in [0.717, 1.165) is 29.5 Å². The summed E-state index contributed by atoms with van der Waals surface area (Å²) in [5.41, 5.74) is 0.631. The van der Waals surface area contributed by atoms with Crippen molar-refractivity contribution >= 4 is 46.1 Å². The summed E-state index contributed by atoms with van der Waals surface area (Å²) in [6.07, 6.45) is -4.37. The maximum atomic E-state index is 13.4. The first kappa shape index (κ1) is 32.4. The van der Waals surface area contributed by atoms with Gasteiger partial charge in [-0.3, -0.25) is 14.5 Å². The second-order valence-corrected chi connectivity index (χ2v) is 10.7. The van der Waals surface area contributed by atoms with E-state index in [1.807, 2.05) is 6.07 Å². The first-order valence-electron chi connectivity index (χ1n) is 13.5. The molecule has 2 amide bonds. The van der Waals surface area contributed by atoms with Crippen LogP contribution in [0.1, 0.15) is 34.8 Å². The number of rotatable bonds is 10. The molecule has 1 N–H and O–H groups in total. The maximum Gasteiger partial charge on any atom is 0.416 e. The number of amides is 2. The van der Waals surface area contributed by atoms with Gasteiger partial charge >= 0.3 is 12.1 Å². The van der Waals surface area contributed by atoms with E-state index in [1.54, 1.807) is 19.1 Å². The molecule has 1 heterocycles. The summed E-state index contributed by atoms with van der Waals surface area (Å²) in [5.74, 6) is -0.357. The SMILES string of the molecule is CCOC(=O)c1ccc(NC(=O)[C@H]2CC(=O)N(CCc3ccc(OC)c(OC)c3)C(=Nc3cccc(C(F)(F)F)c3)S2)cc1. The number of amidine groups is 1. The average molecular weight is 630 g/mol. The third kappa shape index (κ3) is 8.10. The molecule has 0 bridgehead atoms. The van der Waals surface area contributed by atoms with Gasteiger partial charge in [-0.1, -0.05) is 23.9 Å². The van der Waals surface area contributed by atoms with Crippen LogP contribution in [0.2, 0.25) is 0 Å². The fourth-order valence-corrected chi connectivity index (χ4v) is 5.45. The van der Waals surface area contributed by atoms with Crippen molar-refractivity contribution in [2.45, 2.75) is 31.2 Å². The van der Waals surface area contributed by atoms with E-state index < -0.39 is 34.8 Å². The molecule has 0 spiro atoms. The number of nitrogens with zero attached hydrogens (tertiary/aromatic N) is 2. The van der Waals surface area contributed by atoms with Gasteiger partial charge in [0.05, 0.1) is 37.6 Å². The first-order chi connectivity index (χ1) is 21.0. The highest BCUT2D eigenvalue weighted by Crippen LogP contribution is 2.34. The van der Waals surface area contributed by atoms with Crippen LogP contribution in [0.4, 0.5) is 24.5 Å². The lowest BCUT2D eigenvalue weighted by Gasteiger charge is -2.32. The predicted octanol–water partition coefficient (Wildman–Crippen LogP) is 6.10. The number of aliphatic imine (C=N–C) groups is 1. The molecule has 232 valence electrons. The smallest absolute Gasteiger partial charge is 0.416 e. The molecule has 0 aromatic heterocycles. The van der Waals surface area contributed by atoms with Gasteiger partial charge in [-0.2, -0.15) is 13.2 Å². The number of halogens is 3. The number of esters is 1. The number of alkyl halides is 3. The van der Waals surface area contributed by atoms with Gasteiger partial charge in [-0.15, -0.1) is 0 Å². The Kier molecular flexibility index (Phi) is 10.5. The Morgan fingerprint density at radius 3 is 2.41 bits per heavy atom. The summed E-state index contributed by atoms with van der Waals surface area (Å²) >= 11 is 0.985. The lowest BCUT2D eigenvalue weighted by molar-refractivity contribution is -0.137. The fraction of sp³-hybridized carbons (Fsp3) is 0.290. The highest BCUT2D eigenvalue weighted by molar-refractivity contribution is 8.15. The standard InChI is InChI=1S/C31H30F3N3O6S/c1-4-43-29(40)20-9-11-22(12-10-20)35-28(39)26-18-27(38)37(15-14-19-8-13-24(41-2)25(16-19)42-3)30(44-26)36-23-7-5-6-21(17-23)31(32,33)34/h5-13,16-17,26H,4,14-15,18H2,1-3H3,(H,35,39)/t26-/m1/s1. The number of carbonyl (C=O) groups excluding carboxylic acids is 3. The van der Waals surface area contributed by atoms with Crippen LogP contribution in [0.25, 0.3) is 0 Å². The summed E-state index contributed by atoms with van der Waals surface area (Å²) in [4.78, 5) is 44.3. The predicted molar refractivity (Wildman–Crippen MR) is 161 cm³/mol. The Balaban J connectivity index is 1.57. The Hall–Kier alpha value is -4.52. The minimum atomic E-state index is -4.58. The number of methoxy groups -OCH3 is 2. The van der Waals surface area contributed by atoms with E-state index in [4.69, 9.17) is 14.2 Å². The lowest BCUT2D eigenvalue weighted by Crippen LogP contribution is -2.46. The molecular weight excluding hydrogens is 599 g/mol. The van der Waals surface area contributed by atoms with Crippen molar-refractivity contribution in [2.24, 2.45) is 4.99 Å². The van der Waals surface area contributed by atoms with Gasteiger partial charge in [0.2, 0.25) is 11.8 Å². The zero-order valence-corrected chi connectivity index (χ0v) is 25.0. The molecule has 1 aliphatic rings. The van der Waals surface area contributed by atoms with Crippen LogP contribution < -0.4 is 14.8 Å². The van der Waals surface area contributed by atoms with E-state index in [-0.39, 0.29) is 30.4 Å². The summed E-state index contributed by atoms with van der Waals surface area (Å²) in [7, 11) is 3.02. The second kappa shape index (κ2) is 14.3. The Labute approximate surface area is 256 Å². The third-order valence-electron chi connectivity index (χ3n) is 6.57. The van der Waals surface area contributed by atoms with Crippen LogP contribution in [0.5, 0.6) is 11.5 Å². The molecule has 1 saturated heterocycles. The maximum absolute atomic E-state index is 13.4. The molecule has 1 aliphatic heterocycles. The van der Waals surface area contributed by atoms with E-state index >= 15 is 0 Å². The van der Waals surface area contributed by atoms with Gasteiger partial charge in [0.1, 0.15) is 5.25 Å². The molecule has 1 atom stereocenters. The van der Waals surface area contributed by atoms with Crippen molar-refractivity contribution < 1.29 is 41.8 Å². The second-order valence-electron chi connectivity index (χ2n) is 9.52. The van der Waals surface area contributed by atoms with Gasteiger partial charge in [0.25, 0.3) is 0 Å². The van der Waals surface area contributed by atoms with Gasteiger partial charge in [-0.05, 0) is 73.5 Å². The number of carbonyl (C=O) groups is 3. The van der Waals surface area contributed by atoms with Crippen LogP contribution in [0.15, 0.2) is 71.7 Å². The minimum Gasteiger partial charge on any atom is -0.493 e.